The van der Waals surface area contributed by atoms with Crippen molar-refractivity contribution >= 4 is 12.1 Å². The van der Waals surface area contributed by atoms with Crippen molar-refractivity contribution < 1.29 is 19.1 Å². The van der Waals surface area contributed by atoms with E-state index < -0.39 is 5.60 Å². The summed E-state index contributed by atoms with van der Waals surface area (Å²) in [6.45, 7) is 9.24. The largest absolute Gasteiger partial charge is 0.463 e. The first-order chi connectivity index (χ1) is 9.81. The highest BCUT2D eigenvalue weighted by Gasteiger charge is 2.26. The molecule has 5 heteroatoms. The Morgan fingerprint density at radius 3 is 2.38 bits per heavy atom. The molecule has 1 saturated heterocycles. The molecule has 120 valence electrons. The van der Waals surface area contributed by atoms with Gasteiger partial charge in [0.2, 0.25) is 0 Å². The second kappa shape index (κ2) is 8.05. The Bertz CT molecular complexity index is 376. The molecule has 0 N–H and O–H groups in total. The number of hydrogen-bond donors (Lipinski definition) is 0. The van der Waals surface area contributed by atoms with Crippen LogP contribution in [0.1, 0.15) is 47.0 Å². The minimum Gasteiger partial charge on any atom is -0.463 e. The standard InChI is InChI=1S/C16H27NO4/c1-5-20-14(18)8-6-7-13-9-11-17(12-10-13)15(19)21-16(2,3)4/h6,8,13H,5,7,9-12H2,1-4H3. The molecule has 0 aliphatic carbocycles. The molecule has 1 aliphatic rings. The summed E-state index contributed by atoms with van der Waals surface area (Å²) in [6.07, 6.45) is 5.85. The lowest BCUT2D eigenvalue weighted by Crippen LogP contribution is -2.41. The minimum absolute atomic E-state index is 0.233. The molecule has 0 aromatic heterocycles. The van der Waals surface area contributed by atoms with Crippen LogP contribution in [-0.2, 0) is 14.3 Å². The number of hydrogen-bond acceptors (Lipinski definition) is 4. The maximum atomic E-state index is 11.9. The molecule has 1 heterocycles. The topological polar surface area (TPSA) is 55.8 Å². The van der Waals surface area contributed by atoms with Gasteiger partial charge in [0.1, 0.15) is 5.60 Å². The van der Waals surface area contributed by atoms with Gasteiger partial charge in [-0.25, -0.2) is 9.59 Å². The molecule has 5 nitrogen and oxygen atoms in total. The summed E-state index contributed by atoms with van der Waals surface area (Å²) in [5, 5.41) is 0. The van der Waals surface area contributed by atoms with Gasteiger partial charge < -0.3 is 14.4 Å². The van der Waals surface area contributed by atoms with E-state index in [1.54, 1.807) is 11.8 Å². The van der Waals surface area contributed by atoms with E-state index in [1.165, 1.54) is 6.08 Å². The number of carbonyl (C=O) groups excluding carboxylic acids is 2. The van der Waals surface area contributed by atoms with Crippen LogP contribution in [0.3, 0.4) is 0 Å². The first kappa shape index (κ1) is 17.5. The third-order valence-corrected chi connectivity index (χ3v) is 3.28. The molecule has 1 amide bonds. The molecule has 1 rings (SSSR count). The molecule has 0 unspecified atom stereocenters. The number of carbonyl (C=O) groups is 2. The van der Waals surface area contributed by atoms with Crippen molar-refractivity contribution in [1.29, 1.82) is 0 Å². The van der Waals surface area contributed by atoms with Crippen LogP contribution in [0.2, 0.25) is 0 Å². The Morgan fingerprint density at radius 2 is 1.86 bits per heavy atom. The summed E-state index contributed by atoms with van der Waals surface area (Å²) in [6, 6.07) is 0. The highest BCUT2D eigenvalue weighted by molar-refractivity contribution is 5.81. The predicted octanol–water partition coefficient (Wildman–Crippen LogP) is 3.14. The summed E-state index contributed by atoms with van der Waals surface area (Å²) in [7, 11) is 0. The van der Waals surface area contributed by atoms with E-state index in [0.717, 1.165) is 19.3 Å². The van der Waals surface area contributed by atoms with E-state index in [4.69, 9.17) is 9.47 Å². The van der Waals surface area contributed by atoms with E-state index in [2.05, 4.69) is 0 Å². The lowest BCUT2D eigenvalue weighted by atomic mass is 9.93. The van der Waals surface area contributed by atoms with Crippen molar-refractivity contribution in [2.75, 3.05) is 19.7 Å². The van der Waals surface area contributed by atoms with Gasteiger partial charge in [-0.15, -0.1) is 0 Å². The fourth-order valence-corrected chi connectivity index (χ4v) is 2.22. The van der Waals surface area contributed by atoms with Crippen molar-refractivity contribution in [3.05, 3.63) is 12.2 Å². The van der Waals surface area contributed by atoms with Crippen LogP contribution in [0, 0.1) is 5.92 Å². The Kier molecular flexibility index (Phi) is 6.72. The second-order valence-corrected chi connectivity index (χ2v) is 6.30. The van der Waals surface area contributed by atoms with E-state index in [9.17, 15) is 9.59 Å². The molecule has 0 aromatic carbocycles. The normalized spacial score (nSPS) is 17.0. The quantitative estimate of drug-likeness (QED) is 0.591. The zero-order valence-corrected chi connectivity index (χ0v) is 13.6. The maximum Gasteiger partial charge on any atom is 0.410 e. The molecule has 1 fully saturated rings. The number of ether oxygens (including phenoxy) is 2. The molecular formula is C16H27NO4. The van der Waals surface area contributed by atoms with Crippen molar-refractivity contribution in [1.82, 2.24) is 4.90 Å². The van der Waals surface area contributed by atoms with Crippen molar-refractivity contribution in [2.24, 2.45) is 5.92 Å². The number of amides is 1. The van der Waals surface area contributed by atoms with Crippen molar-refractivity contribution in [3.63, 3.8) is 0 Å². The van der Waals surface area contributed by atoms with Gasteiger partial charge in [0.05, 0.1) is 6.61 Å². The second-order valence-electron chi connectivity index (χ2n) is 6.30. The number of nitrogens with zero attached hydrogens (tertiary/aromatic N) is 1. The fourth-order valence-electron chi connectivity index (χ4n) is 2.22. The molecule has 0 atom stereocenters. The summed E-state index contributed by atoms with van der Waals surface area (Å²) in [4.78, 5) is 24.9. The van der Waals surface area contributed by atoms with Gasteiger partial charge in [0, 0.05) is 19.2 Å². The molecule has 1 aliphatic heterocycles. The van der Waals surface area contributed by atoms with Crippen molar-refractivity contribution in [2.45, 2.75) is 52.6 Å². The molecule has 21 heavy (non-hydrogen) atoms. The molecule has 0 radical (unpaired) electrons. The van der Waals surface area contributed by atoms with E-state index in [-0.39, 0.29) is 12.1 Å². The van der Waals surface area contributed by atoms with E-state index in [0.29, 0.717) is 25.6 Å². The van der Waals surface area contributed by atoms with Gasteiger partial charge in [0.15, 0.2) is 0 Å². The molecular weight excluding hydrogens is 270 g/mol. The van der Waals surface area contributed by atoms with Crippen LogP contribution in [0.25, 0.3) is 0 Å². The van der Waals surface area contributed by atoms with Gasteiger partial charge in [-0.3, -0.25) is 0 Å². The average Bonchev–Trinajstić information content (AvgIpc) is 2.38. The third kappa shape index (κ3) is 7.16. The lowest BCUT2D eigenvalue weighted by molar-refractivity contribution is -0.137. The van der Waals surface area contributed by atoms with Crippen LogP contribution in [0.15, 0.2) is 12.2 Å². The Morgan fingerprint density at radius 1 is 1.24 bits per heavy atom. The van der Waals surface area contributed by atoms with Crippen molar-refractivity contribution in [3.8, 4) is 0 Å². The minimum atomic E-state index is -0.448. The van der Waals surface area contributed by atoms with Crippen LogP contribution in [0.4, 0.5) is 4.79 Å². The summed E-state index contributed by atoms with van der Waals surface area (Å²) >= 11 is 0. The molecule has 0 spiro atoms. The van der Waals surface area contributed by atoms with Crippen LogP contribution < -0.4 is 0 Å². The summed E-state index contributed by atoms with van der Waals surface area (Å²) < 4.78 is 10.2. The van der Waals surface area contributed by atoms with Gasteiger partial charge in [-0.1, -0.05) is 6.08 Å². The van der Waals surface area contributed by atoms with Crippen LogP contribution in [-0.4, -0.2) is 42.3 Å². The maximum absolute atomic E-state index is 11.9. The zero-order valence-electron chi connectivity index (χ0n) is 13.6. The average molecular weight is 297 g/mol. The number of rotatable bonds is 4. The molecule has 0 aromatic rings. The lowest BCUT2D eigenvalue weighted by Gasteiger charge is -2.33. The smallest absolute Gasteiger partial charge is 0.410 e. The Labute approximate surface area is 127 Å². The number of esters is 1. The monoisotopic (exact) mass is 297 g/mol. The van der Waals surface area contributed by atoms with Crippen LogP contribution in [0.5, 0.6) is 0 Å². The first-order valence-electron chi connectivity index (χ1n) is 7.63. The third-order valence-electron chi connectivity index (χ3n) is 3.28. The molecule has 0 bridgehead atoms. The van der Waals surface area contributed by atoms with Gasteiger partial charge in [-0.2, -0.15) is 0 Å². The zero-order chi connectivity index (χ0) is 15.9. The van der Waals surface area contributed by atoms with Gasteiger partial charge in [-0.05, 0) is 52.9 Å². The van der Waals surface area contributed by atoms with Crippen LogP contribution >= 0.6 is 0 Å². The fraction of sp³-hybridized carbons (Fsp3) is 0.750. The highest BCUT2D eigenvalue weighted by Crippen LogP contribution is 2.22. The van der Waals surface area contributed by atoms with E-state index >= 15 is 0 Å². The number of likely N-dealkylation sites (tertiary alicyclic amines) is 1. The molecule has 0 saturated carbocycles. The number of allylic oxidation sites excluding steroid dienone is 1. The number of piperidine rings is 1. The first-order valence-corrected chi connectivity index (χ1v) is 7.63. The SMILES string of the molecule is CCOC(=O)C=CCC1CCN(C(=O)OC(C)(C)C)CC1. The van der Waals surface area contributed by atoms with E-state index in [1.807, 2.05) is 26.8 Å². The van der Waals surface area contributed by atoms with Gasteiger partial charge in [0.25, 0.3) is 0 Å². The highest BCUT2D eigenvalue weighted by atomic mass is 16.6. The summed E-state index contributed by atoms with van der Waals surface area (Å²) in [5.74, 6) is 0.220. The predicted molar refractivity (Wildman–Crippen MR) is 80.9 cm³/mol. The Balaban J connectivity index is 2.29. The summed E-state index contributed by atoms with van der Waals surface area (Å²) in [5.41, 5.74) is -0.448. The Hall–Kier alpha value is -1.52. The van der Waals surface area contributed by atoms with Gasteiger partial charge >= 0.3 is 12.1 Å².